The Balaban J connectivity index is 1.57. The van der Waals surface area contributed by atoms with Crippen LogP contribution in [0.1, 0.15) is 38.4 Å². The van der Waals surface area contributed by atoms with Crippen molar-refractivity contribution in [3.8, 4) is 17.2 Å². The van der Waals surface area contributed by atoms with Gasteiger partial charge in [-0.05, 0) is 55.2 Å². The van der Waals surface area contributed by atoms with Crippen molar-refractivity contribution in [1.29, 1.82) is 5.26 Å². The summed E-state index contributed by atoms with van der Waals surface area (Å²) in [4.78, 5) is 16.9. The highest BCUT2D eigenvalue weighted by molar-refractivity contribution is 5.82. The van der Waals surface area contributed by atoms with Crippen molar-refractivity contribution >= 4 is 12.0 Å². The summed E-state index contributed by atoms with van der Waals surface area (Å²) in [6.45, 7) is 6.70. The van der Waals surface area contributed by atoms with Gasteiger partial charge in [0, 0.05) is 29.3 Å². The van der Waals surface area contributed by atoms with Crippen LogP contribution in [0.4, 0.5) is 0 Å². The number of carbonyl (C=O) groups excluding carboxylic acids is 1. The molecule has 4 heteroatoms. The molecule has 1 aromatic heterocycles. The largest absolute Gasteiger partial charge is 0.353 e. The number of benzene rings is 1. The van der Waals surface area contributed by atoms with Crippen LogP contribution in [0.25, 0.3) is 17.2 Å². The number of pyridine rings is 1. The molecule has 1 N–H and O–H groups in total. The van der Waals surface area contributed by atoms with Crippen LogP contribution in [-0.4, -0.2) is 16.9 Å². The number of allylic oxidation sites excluding steroid dienone is 1. The topological polar surface area (TPSA) is 65.8 Å². The molecule has 1 amide bonds. The quantitative estimate of drug-likeness (QED) is 0.834. The van der Waals surface area contributed by atoms with Crippen LogP contribution in [0, 0.1) is 40.9 Å². The Labute approximate surface area is 172 Å². The molecule has 148 valence electrons. The van der Waals surface area contributed by atoms with Crippen LogP contribution in [0.3, 0.4) is 0 Å². The summed E-state index contributed by atoms with van der Waals surface area (Å²) in [5.74, 6) is 2.12. The normalized spacial score (nSPS) is 31.3. The third kappa shape index (κ3) is 3.58. The first-order valence-corrected chi connectivity index (χ1v) is 10.4. The molecule has 29 heavy (non-hydrogen) atoms. The summed E-state index contributed by atoms with van der Waals surface area (Å²) < 4.78 is 0. The number of hydrogen-bond acceptors (Lipinski definition) is 3. The van der Waals surface area contributed by atoms with Gasteiger partial charge in [-0.1, -0.05) is 44.2 Å². The molecular weight excluding hydrogens is 358 g/mol. The van der Waals surface area contributed by atoms with E-state index in [1.165, 1.54) is 0 Å². The smallest absolute Gasteiger partial charge is 0.223 e. The molecule has 1 aromatic carbocycles. The van der Waals surface area contributed by atoms with E-state index in [1.807, 2.05) is 42.6 Å². The summed E-state index contributed by atoms with van der Waals surface area (Å²) in [6, 6.07) is 14.0. The minimum absolute atomic E-state index is 0.128. The average Bonchev–Trinajstić information content (AvgIpc) is 3.01. The third-order valence-electron chi connectivity index (χ3n) is 6.96. The second kappa shape index (κ2) is 7.83. The third-order valence-corrected chi connectivity index (χ3v) is 6.96. The first kappa shape index (κ1) is 19.4. The van der Waals surface area contributed by atoms with Crippen molar-refractivity contribution in [1.82, 2.24) is 10.3 Å². The summed E-state index contributed by atoms with van der Waals surface area (Å²) >= 11 is 0. The zero-order valence-corrected chi connectivity index (χ0v) is 17.2. The minimum Gasteiger partial charge on any atom is -0.353 e. The van der Waals surface area contributed by atoms with Crippen molar-refractivity contribution in [3.05, 3.63) is 59.9 Å². The first-order valence-electron chi connectivity index (χ1n) is 10.4. The molecule has 2 heterocycles. The van der Waals surface area contributed by atoms with Gasteiger partial charge < -0.3 is 5.32 Å². The highest BCUT2D eigenvalue weighted by Gasteiger charge is 2.49. The lowest BCUT2D eigenvalue weighted by Gasteiger charge is -2.41. The number of fused-ring (bicyclic) bond motifs is 1. The molecule has 2 fully saturated rings. The molecule has 0 unspecified atom stereocenters. The van der Waals surface area contributed by atoms with E-state index in [0.717, 1.165) is 23.2 Å². The van der Waals surface area contributed by atoms with Crippen LogP contribution < -0.4 is 5.32 Å². The van der Waals surface area contributed by atoms with Gasteiger partial charge >= 0.3 is 0 Å². The summed E-state index contributed by atoms with van der Waals surface area (Å²) in [7, 11) is 0. The summed E-state index contributed by atoms with van der Waals surface area (Å²) in [6.07, 6.45) is 7.16. The number of rotatable bonds is 3. The van der Waals surface area contributed by atoms with Gasteiger partial charge in [0.05, 0.1) is 17.3 Å². The van der Waals surface area contributed by atoms with Gasteiger partial charge in [0.25, 0.3) is 0 Å². The standard InChI is InChI=1S/C25H27N3O/c1-15-12-23-24(17(3)28-25(23)29)21(16(15)2)11-10-20-9-8-19(14-27-20)22-7-5-4-6-18(22)13-26/h4-11,14-17,21,23-24H,12H2,1-3H3,(H,28,29)/t15-,16+,17+,21-,23+,24-/m0/s1. The van der Waals surface area contributed by atoms with Crippen LogP contribution >= 0.6 is 0 Å². The van der Waals surface area contributed by atoms with E-state index < -0.39 is 0 Å². The van der Waals surface area contributed by atoms with Gasteiger partial charge in [0.2, 0.25) is 5.91 Å². The number of hydrogen-bond donors (Lipinski definition) is 1. The highest BCUT2D eigenvalue weighted by atomic mass is 16.2. The van der Waals surface area contributed by atoms with Crippen molar-refractivity contribution in [2.45, 2.75) is 33.2 Å². The van der Waals surface area contributed by atoms with E-state index >= 15 is 0 Å². The number of nitriles is 1. The van der Waals surface area contributed by atoms with Gasteiger partial charge in [-0.15, -0.1) is 0 Å². The van der Waals surface area contributed by atoms with E-state index in [2.05, 4.69) is 49.3 Å². The van der Waals surface area contributed by atoms with Crippen molar-refractivity contribution in [3.63, 3.8) is 0 Å². The second-order valence-corrected chi connectivity index (χ2v) is 8.62. The number of nitrogens with one attached hydrogen (secondary N) is 1. The van der Waals surface area contributed by atoms with Crippen LogP contribution in [0.2, 0.25) is 0 Å². The fraction of sp³-hybridized carbons (Fsp3) is 0.400. The zero-order chi connectivity index (χ0) is 20.5. The lowest BCUT2D eigenvalue weighted by molar-refractivity contribution is -0.124. The van der Waals surface area contributed by atoms with Crippen molar-refractivity contribution in [2.75, 3.05) is 0 Å². The van der Waals surface area contributed by atoms with Crippen LogP contribution in [0.5, 0.6) is 0 Å². The van der Waals surface area contributed by atoms with E-state index in [9.17, 15) is 10.1 Å². The Morgan fingerprint density at radius 3 is 2.69 bits per heavy atom. The molecule has 6 atom stereocenters. The van der Waals surface area contributed by atoms with Gasteiger partial charge in [-0.25, -0.2) is 0 Å². The predicted octanol–water partition coefficient (Wildman–Crippen LogP) is 4.68. The van der Waals surface area contributed by atoms with Gasteiger partial charge in [0.15, 0.2) is 0 Å². The lowest BCUT2D eigenvalue weighted by Crippen LogP contribution is -2.39. The fourth-order valence-electron chi connectivity index (χ4n) is 5.17. The number of amides is 1. The summed E-state index contributed by atoms with van der Waals surface area (Å²) in [5, 5.41) is 12.5. The Kier molecular flexibility index (Phi) is 5.24. The molecule has 2 aromatic rings. The Morgan fingerprint density at radius 2 is 1.97 bits per heavy atom. The maximum atomic E-state index is 12.3. The molecule has 1 saturated heterocycles. The van der Waals surface area contributed by atoms with E-state index in [4.69, 9.17) is 0 Å². The summed E-state index contributed by atoms with van der Waals surface area (Å²) in [5.41, 5.74) is 3.40. The minimum atomic E-state index is 0.128. The first-order chi connectivity index (χ1) is 14.0. The van der Waals surface area contributed by atoms with Crippen molar-refractivity contribution < 1.29 is 4.79 Å². The number of carbonyl (C=O) groups is 1. The van der Waals surface area contributed by atoms with Gasteiger partial charge in [-0.2, -0.15) is 5.26 Å². The molecule has 1 aliphatic heterocycles. The monoisotopic (exact) mass is 385 g/mol. The average molecular weight is 386 g/mol. The van der Waals surface area contributed by atoms with Gasteiger partial charge in [0.1, 0.15) is 0 Å². The van der Waals surface area contributed by atoms with Crippen LogP contribution in [-0.2, 0) is 4.79 Å². The second-order valence-electron chi connectivity index (χ2n) is 8.62. The molecule has 0 bridgehead atoms. The maximum absolute atomic E-state index is 12.3. The molecule has 2 aliphatic rings. The van der Waals surface area contributed by atoms with Crippen molar-refractivity contribution in [2.24, 2.45) is 29.6 Å². The zero-order valence-electron chi connectivity index (χ0n) is 17.2. The maximum Gasteiger partial charge on any atom is 0.223 e. The molecule has 0 radical (unpaired) electrons. The van der Waals surface area contributed by atoms with E-state index in [1.54, 1.807) is 0 Å². The van der Waals surface area contributed by atoms with E-state index in [-0.39, 0.29) is 17.9 Å². The molecule has 1 saturated carbocycles. The number of nitrogens with zero attached hydrogens (tertiary/aromatic N) is 2. The van der Waals surface area contributed by atoms with E-state index in [0.29, 0.717) is 29.2 Å². The SMILES string of the molecule is C[C@H]1[C@H](C=Cc2ccc(-c3ccccc3C#N)cn2)[C@@H]2[C@@H](C)NC(=O)[C@@H]2C[C@@H]1C. The molecule has 4 rings (SSSR count). The predicted molar refractivity (Wildman–Crippen MR) is 114 cm³/mol. The van der Waals surface area contributed by atoms with Gasteiger partial charge in [-0.3, -0.25) is 9.78 Å². The fourth-order valence-corrected chi connectivity index (χ4v) is 5.17. The molecule has 1 aliphatic carbocycles. The van der Waals surface area contributed by atoms with Crippen LogP contribution in [0.15, 0.2) is 48.7 Å². The lowest BCUT2D eigenvalue weighted by atomic mass is 9.62. The highest BCUT2D eigenvalue weighted by Crippen LogP contribution is 2.47. The number of aromatic nitrogens is 1. The molecule has 4 nitrogen and oxygen atoms in total. The Morgan fingerprint density at radius 1 is 1.17 bits per heavy atom. The Bertz CT molecular complexity index is 972. The molecular formula is C25H27N3O. The Hall–Kier alpha value is -2.93. The molecule has 0 spiro atoms.